The molecule has 118 valence electrons. The molecule has 2 heteroatoms. The van der Waals surface area contributed by atoms with Crippen LogP contribution in [0.5, 0.6) is 0 Å². The van der Waals surface area contributed by atoms with Gasteiger partial charge in [0, 0.05) is 14.4 Å². The largest absolute Gasteiger partial charge is 0.207 e. The standard InChI is InChI=1S/C20H27FSi/c1-2-3-6-15-22-16-13-19(14-17-22)8-5-4-7-18-9-11-20(21)12-10-18/h5,8-12,19,22H,2-3,6,13-17H2,1H3. The first-order valence-corrected chi connectivity index (χ1v) is 11.2. The number of benzene rings is 1. The minimum atomic E-state index is -0.397. The van der Waals surface area contributed by atoms with Gasteiger partial charge >= 0.3 is 0 Å². The van der Waals surface area contributed by atoms with Crippen LogP contribution in [0.3, 0.4) is 0 Å². The van der Waals surface area contributed by atoms with Gasteiger partial charge in [-0.1, -0.05) is 62.2 Å². The number of unbranched alkanes of at least 4 members (excludes halogenated alkanes) is 2. The lowest BCUT2D eigenvalue weighted by Gasteiger charge is -2.25. The maximum atomic E-state index is 12.8. The van der Waals surface area contributed by atoms with E-state index < -0.39 is 8.80 Å². The van der Waals surface area contributed by atoms with Crippen LogP contribution < -0.4 is 0 Å². The first-order valence-electron chi connectivity index (χ1n) is 8.71. The van der Waals surface area contributed by atoms with Crippen molar-refractivity contribution < 1.29 is 4.39 Å². The molecule has 1 aromatic rings. The van der Waals surface area contributed by atoms with Gasteiger partial charge in [0.1, 0.15) is 5.82 Å². The zero-order valence-electron chi connectivity index (χ0n) is 13.7. The van der Waals surface area contributed by atoms with Crippen LogP contribution in [-0.2, 0) is 0 Å². The van der Waals surface area contributed by atoms with Gasteiger partial charge < -0.3 is 0 Å². The Bertz CT molecular complexity index is 513. The van der Waals surface area contributed by atoms with Crippen molar-refractivity contribution in [3.8, 4) is 11.8 Å². The van der Waals surface area contributed by atoms with Crippen molar-refractivity contribution in [1.82, 2.24) is 0 Å². The van der Waals surface area contributed by atoms with Crippen LogP contribution in [0.4, 0.5) is 4.39 Å². The Kier molecular flexibility index (Phi) is 7.46. The summed E-state index contributed by atoms with van der Waals surface area (Å²) < 4.78 is 12.8. The Labute approximate surface area is 136 Å². The Balaban J connectivity index is 1.71. The molecule has 0 unspecified atom stereocenters. The fourth-order valence-corrected chi connectivity index (χ4v) is 6.73. The summed E-state index contributed by atoms with van der Waals surface area (Å²) in [4.78, 5) is 0. The molecule has 0 saturated carbocycles. The zero-order valence-corrected chi connectivity index (χ0v) is 14.8. The lowest BCUT2D eigenvalue weighted by Crippen LogP contribution is -2.20. The molecule has 0 spiro atoms. The van der Waals surface area contributed by atoms with Gasteiger partial charge in [0.05, 0.1) is 0 Å². The number of hydrogen-bond donors (Lipinski definition) is 0. The molecule has 0 bridgehead atoms. The quantitative estimate of drug-likeness (QED) is 0.379. The van der Waals surface area contributed by atoms with Crippen LogP contribution in [0, 0.1) is 23.6 Å². The first-order chi connectivity index (χ1) is 10.8. The van der Waals surface area contributed by atoms with Gasteiger partial charge in [0.25, 0.3) is 0 Å². The van der Waals surface area contributed by atoms with Gasteiger partial charge in [0.15, 0.2) is 0 Å². The molecule has 0 radical (unpaired) electrons. The normalized spacial score (nSPS) is 21.5. The van der Waals surface area contributed by atoms with E-state index in [-0.39, 0.29) is 5.82 Å². The van der Waals surface area contributed by atoms with Gasteiger partial charge in [-0.15, -0.1) is 0 Å². The maximum absolute atomic E-state index is 12.8. The molecule has 0 N–H and O–H groups in total. The molecule has 1 aliphatic heterocycles. The van der Waals surface area contributed by atoms with Crippen molar-refractivity contribution in [3.63, 3.8) is 0 Å². The molecular formula is C20H27FSi. The number of rotatable bonds is 5. The summed E-state index contributed by atoms with van der Waals surface area (Å²) in [5.41, 5.74) is 0.873. The van der Waals surface area contributed by atoms with E-state index in [0.717, 1.165) is 11.5 Å². The van der Waals surface area contributed by atoms with E-state index in [9.17, 15) is 4.39 Å². The Morgan fingerprint density at radius 3 is 2.59 bits per heavy atom. The molecule has 0 nitrogen and oxygen atoms in total. The second kappa shape index (κ2) is 9.64. The number of halogens is 1. The lowest BCUT2D eigenvalue weighted by molar-refractivity contribution is 0.571. The Morgan fingerprint density at radius 2 is 1.91 bits per heavy atom. The molecule has 0 amide bonds. The van der Waals surface area contributed by atoms with E-state index in [1.54, 1.807) is 18.2 Å². The van der Waals surface area contributed by atoms with Crippen molar-refractivity contribution in [2.24, 2.45) is 5.92 Å². The summed E-state index contributed by atoms with van der Waals surface area (Å²) in [6.07, 6.45) is 11.3. The highest BCUT2D eigenvalue weighted by Crippen LogP contribution is 2.28. The van der Waals surface area contributed by atoms with Crippen LogP contribution in [0.25, 0.3) is 0 Å². The van der Waals surface area contributed by atoms with Crippen LogP contribution in [-0.4, -0.2) is 8.80 Å². The smallest absolute Gasteiger partial charge is 0.123 e. The average molecular weight is 315 g/mol. The minimum absolute atomic E-state index is 0.207. The highest BCUT2D eigenvalue weighted by Gasteiger charge is 2.19. The molecule has 1 fully saturated rings. The molecule has 0 aromatic heterocycles. The first kappa shape index (κ1) is 17.0. The highest BCUT2D eigenvalue weighted by molar-refractivity contribution is 6.58. The summed E-state index contributed by atoms with van der Waals surface area (Å²) in [5.74, 6) is 6.67. The van der Waals surface area contributed by atoms with E-state index in [0.29, 0.717) is 0 Å². The molecule has 1 heterocycles. The van der Waals surface area contributed by atoms with Crippen molar-refractivity contribution >= 4 is 8.80 Å². The third-order valence-corrected chi connectivity index (χ3v) is 8.14. The summed E-state index contributed by atoms with van der Waals surface area (Å²) >= 11 is 0. The van der Waals surface area contributed by atoms with Crippen molar-refractivity contribution in [1.29, 1.82) is 0 Å². The Morgan fingerprint density at radius 1 is 1.18 bits per heavy atom. The molecule has 22 heavy (non-hydrogen) atoms. The Hall–Kier alpha value is -1.33. The molecule has 1 aliphatic rings. The zero-order chi connectivity index (χ0) is 15.6. The topological polar surface area (TPSA) is 0 Å². The van der Waals surface area contributed by atoms with Crippen LogP contribution in [0.1, 0.15) is 44.6 Å². The molecule has 0 atom stereocenters. The van der Waals surface area contributed by atoms with E-state index in [4.69, 9.17) is 0 Å². The summed E-state index contributed by atoms with van der Waals surface area (Å²) in [6, 6.07) is 11.0. The van der Waals surface area contributed by atoms with E-state index in [2.05, 4.69) is 24.8 Å². The van der Waals surface area contributed by atoms with E-state index in [1.807, 2.05) is 6.08 Å². The molecule has 0 aliphatic carbocycles. The van der Waals surface area contributed by atoms with Crippen LogP contribution >= 0.6 is 0 Å². The average Bonchev–Trinajstić information content (AvgIpc) is 2.55. The van der Waals surface area contributed by atoms with E-state index >= 15 is 0 Å². The highest BCUT2D eigenvalue weighted by atomic mass is 28.3. The third-order valence-electron chi connectivity index (χ3n) is 4.62. The predicted octanol–water partition coefficient (Wildman–Crippen LogP) is 5.56. The lowest BCUT2D eigenvalue weighted by atomic mass is 10.0. The van der Waals surface area contributed by atoms with Crippen molar-refractivity contribution in [2.45, 2.75) is 57.2 Å². The van der Waals surface area contributed by atoms with Crippen molar-refractivity contribution in [2.75, 3.05) is 0 Å². The monoisotopic (exact) mass is 314 g/mol. The summed E-state index contributed by atoms with van der Waals surface area (Å²) in [5, 5.41) is 0. The van der Waals surface area contributed by atoms with Gasteiger partial charge in [-0.25, -0.2) is 4.39 Å². The SMILES string of the molecule is CCCCC[SiH]1CCC(C=CC#Cc2ccc(F)cc2)CC1. The van der Waals surface area contributed by atoms with Gasteiger partial charge in [-0.2, -0.15) is 0 Å². The third kappa shape index (κ3) is 6.20. The van der Waals surface area contributed by atoms with Gasteiger partial charge in [-0.3, -0.25) is 0 Å². The predicted molar refractivity (Wildman–Crippen MR) is 96.2 cm³/mol. The number of hydrogen-bond acceptors (Lipinski definition) is 0. The molecule has 1 aromatic carbocycles. The van der Waals surface area contributed by atoms with Crippen molar-refractivity contribution in [3.05, 3.63) is 47.8 Å². The second-order valence-corrected chi connectivity index (χ2v) is 9.88. The van der Waals surface area contributed by atoms with E-state index in [1.165, 1.54) is 56.3 Å². The fourth-order valence-electron chi connectivity index (χ4n) is 3.19. The van der Waals surface area contributed by atoms with Gasteiger partial charge in [0.2, 0.25) is 0 Å². The summed E-state index contributed by atoms with van der Waals surface area (Å²) in [6.45, 7) is 2.29. The van der Waals surface area contributed by atoms with Gasteiger partial charge in [-0.05, 0) is 49.1 Å². The minimum Gasteiger partial charge on any atom is -0.207 e. The van der Waals surface area contributed by atoms with Crippen LogP contribution in [0.15, 0.2) is 36.4 Å². The molecule has 1 saturated heterocycles. The molecule has 2 rings (SSSR count). The maximum Gasteiger partial charge on any atom is 0.123 e. The van der Waals surface area contributed by atoms with Crippen LogP contribution in [0.2, 0.25) is 18.1 Å². The fraction of sp³-hybridized carbons (Fsp3) is 0.500. The number of allylic oxidation sites excluding steroid dienone is 2. The second-order valence-electron chi connectivity index (χ2n) is 6.41. The summed E-state index contributed by atoms with van der Waals surface area (Å²) in [7, 11) is -0.397. The molecular weight excluding hydrogens is 287 g/mol.